The smallest absolute Gasteiger partial charge is 0.194 e. The SMILES string of the molecule is CCNC(=NCCn1cnnc1CC)N1CCN(c2ccc(OC)cc2)CC1. The van der Waals surface area contributed by atoms with Gasteiger partial charge in [-0.3, -0.25) is 4.99 Å². The van der Waals surface area contributed by atoms with E-state index in [-0.39, 0.29) is 0 Å². The predicted octanol–water partition coefficient (Wildman–Crippen LogP) is 1.64. The standard InChI is InChI=1S/C20H31N7O/c1-4-19-24-23-16-27(19)11-10-22-20(21-5-2)26-14-12-25(13-15-26)17-6-8-18(28-3)9-7-17/h6-9,16H,4-5,10-15H2,1-3H3,(H,21,22). The largest absolute Gasteiger partial charge is 0.497 e. The maximum Gasteiger partial charge on any atom is 0.194 e. The summed E-state index contributed by atoms with van der Waals surface area (Å²) in [5.74, 6) is 2.89. The molecule has 2 aromatic rings. The molecule has 1 saturated heterocycles. The average molecular weight is 386 g/mol. The summed E-state index contributed by atoms with van der Waals surface area (Å²) in [6, 6.07) is 8.28. The number of methoxy groups -OCH3 is 1. The molecule has 0 atom stereocenters. The van der Waals surface area contributed by atoms with Crippen molar-refractivity contribution in [1.29, 1.82) is 0 Å². The molecule has 152 valence electrons. The van der Waals surface area contributed by atoms with Gasteiger partial charge in [-0.05, 0) is 31.2 Å². The van der Waals surface area contributed by atoms with Crippen LogP contribution in [0.1, 0.15) is 19.7 Å². The van der Waals surface area contributed by atoms with E-state index >= 15 is 0 Å². The number of aryl methyl sites for hydroxylation is 1. The quantitative estimate of drug-likeness (QED) is 0.577. The molecule has 1 aromatic carbocycles. The van der Waals surface area contributed by atoms with E-state index in [0.29, 0.717) is 6.54 Å². The number of aromatic nitrogens is 3. The number of anilines is 1. The molecule has 0 aliphatic carbocycles. The average Bonchev–Trinajstić information content (AvgIpc) is 3.21. The summed E-state index contributed by atoms with van der Waals surface area (Å²) in [6.07, 6.45) is 2.67. The molecule has 1 aromatic heterocycles. The molecular formula is C20H31N7O. The summed E-state index contributed by atoms with van der Waals surface area (Å²) in [4.78, 5) is 9.58. The Morgan fingerprint density at radius 3 is 2.54 bits per heavy atom. The monoisotopic (exact) mass is 385 g/mol. The zero-order chi connectivity index (χ0) is 19.8. The van der Waals surface area contributed by atoms with Gasteiger partial charge in [0.05, 0.1) is 13.7 Å². The second-order valence-electron chi connectivity index (χ2n) is 6.70. The summed E-state index contributed by atoms with van der Waals surface area (Å²) in [5.41, 5.74) is 1.24. The van der Waals surface area contributed by atoms with Crippen LogP contribution >= 0.6 is 0 Å². The predicted molar refractivity (Wildman–Crippen MR) is 112 cm³/mol. The third-order valence-electron chi connectivity index (χ3n) is 4.97. The number of nitrogens with one attached hydrogen (secondary N) is 1. The summed E-state index contributed by atoms with van der Waals surface area (Å²) in [7, 11) is 1.70. The maximum atomic E-state index is 5.25. The number of rotatable bonds is 7. The molecule has 3 rings (SSSR count). The summed E-state index contributed by atoms with van der Waals surface area (Å²) in [5, 5.41) is 11.6. The lowest BCUT2D eigenvalue weighted by Gasteiger charge is -2.37. The van der Waals surface area contributed by atoms with E-state index < -0.39 is 0 Å². The lowest BCUT2D eigenvalue weighted by molar-refractivity contribution is 0.372. The number of hydrogen-bond donors (Lipinski definition) is 1. The third-order valence-corrected chi connectivity index (χ3v) is 4.97. The Kier molecular flexibility index (Phi) is 7.11. The molecule has 0 radical (unpaired) electrons. The van der Waals surface area contributed by atoms with Crippen molar-refractivity contribution in [1.82, 2.24) is 25.0 Å². The number of ether oxygens (including phenoxy) is 1. The first-order chi connectivity index (χ1) is 13.7. The van der Waals surface area contributed by atoms with Crippen LogP contribution < -0.4 is 15.0 Å². The van der Waals surface area contributed by atoms with Crippen LogP contribution in [-0.2, 0) is 13.0 Å². The van der Waals surface area contributed by atoms with Crippen LogP contribution in [0.3, 0.4) is 0 Å². The summed E-state index contributed by atoms with van der Waals surface area (Å²) < 4.78 is 7.33. The Balaban J connectivity index is 1.55. The van der Waals surface area contributed by atoms with Gasteiger partial charge in [0.1, 0.15) is 17.9 Å². The van der Waals surface area contributed by atoms with Gasteiger partial charge in [0.15, 0.2) is 5.96 Å². The minimum Gasteiger partial charge on any atom is -0.497 e. The maximum absolute atomic E-state index is 5.25. The Labute approximate surface area is 167 Å². The molecule has 0 spiro atoms. The van der Waals surface area contributed by atoms with Crippen molar-refractivity contribution in [3.63, 3.8) is 0 Å². The minimum atomic E-state index is 0.714. The molecule has 1 N–H and O–H groups in total. The first-order valence-corrected chi connectivity index (χ1v) is 10.0. The van der Waals surface area contributed by atoms with Crippen molar-refractivity contribution < 1.29 is 4.74 Å². The van der Waals surface area contributed by atoms with Gasteiger partial charge in [-0.2, -0.15) is 0 Å². The van der Waals surface area contributed by atoms with E-state index in [1.165, 1.54) is 5.69 Å². The van der Waals surface area contributed by atoms with E-state index in [0.717, 1.165) is 63.2 Å². The fourth-order valence-electron chi connectivity index (χ4n) is 3.40. The number of benzene rings is 1. The van der Waals surface area contributed by atoms with Crippen molar-refractivity contribution >= 4 is 11.6 Å². The van der Waals surface area contributed by atoms with Crippen LogP contribution in [0.5, 0.6) is 5.75 Å². The van der Waals surface area contributed by atoms with Gasteiger partial charge in [-0.15, -0.1) is 10.2 Å². The van der Waals surface area contributed by atoms with Crippen molar-refractivity contribution in [2.24, 2.45) is 4.99 Å². The zero-order valence-corrected chi connectivity index (χ0v) is 17.1. The minimum absolute atomic E-state index is 0.714. The lowest BCUT2D eigenvalue weighted by atomic mass is 10.2. The van der Waals surface area contributed by atoms with Gasteiger partial charge in [0.25, 0.3) is 0 Å². The molecule has 0 unspecified atom stereocenters. The van der Waals surface area contributed by atoms with Gasteiger partial charge >= 0.3 is 0 Å². The van der Waals surface area contributed by atoms with Crippen LogP contribution in [0.4, 0.5) is 5.69 Å². The fraction of sp³-hybridized carbons (Fsp3) is 0.550. The zero-order valence-electron chi connectivity index (χ0n) is 17.1. The van der Waals surface area contributed by atoms with Crippen molar-refractivity contribution in [2.45, 2.75) is 26.8 Å². The first kappa shape index (κ1) is 20.0. The fourth-order valence-corrected chi connectivity index (χ4v) is 3.40. The number of aliphatic imine (C=N–C) groups is 1. The Morgan fingerprint density at radius 2 is 1.89 bits per heavy atom. The molecule has 8 nitrogen and oxygen atoms in total. The van der Waals surface area contributed by atoms with Crippen LogP contribution in [0, 0.1) is 0 Å². The Hall–Kier alpha value is -2.77. The molecular weight excluding hydrogens is 354 g/mol. The van der Waals surface area contributed by atoms with E-state index in [4.69, 9.17) is 9.73 Å². The second kappa shape index (κ2) is 9.96. The van der Waals surface area contributed by atoms with Gasteiger partial charge in [-0.1, -0.05) is 6.92 Å². The summed E-state index contributed by atoms with van der Waals surface area (Å²) >= 11 is 0. The number of guanidine groups is 1. The van der Waals surface area contributed by atoms with Crippen molar-refractivity contribution in [2.75, 3.05) is 51.3 Å². The Bertz CT molecular complexity index is 748. The van der Waals surface area contributed by atoms with Gasteiger partial charge in [0, 0.05) is 51.4 Å². The lowest BCUT2D eigenvalue weighted by Crippen LogP contribution is -2.52. The molecule has 1 fully saturated rings. The van der Waals surface area contributed by atoms with E-state index in [1.807, 2.05) is 12.1 Å². The van der Waals surface area contributed by atoms with E-state index in [9.17, 15) is 0 Å². The topological polar surface area (TPSA) is 70.8 Å². The Morgan fingerprint density at radius 1 is 1.14 bits per heavy atom. The van der Waals surface area contributed by atoms with E-state index in [1.54, 1.807) is 13.4 Å². The van der Waals surface area contributed by atoms with Gasteiger partial charge in [-0.25, -0.2) is 0 Å². The molecule has 28 heavy (non-hydrogen) atoms. The van der Waals surface area contributed by atoms with Crippen LogP contribution in [0.2, 0.25) is 0 Å². The van der Waals surface area contributed by atoms with Crippen LogP contribution in [0.25, 0.3) is 0 Å². The number of piperazine rings is 1. The first-order valence-electron chi connectivity index (χ1n) is 10.0. The highest BCUT2D eigenvalue weighted by molar-refractivity contribution is 5.80. The molecule has 2 heterocycles. The molecule has 0 bridgehead atoms. The second-order valence-corrected chi connectivity index (χ2v) is 6.70. The highest BCUT2D eigenvalue weighted by Gasteiger charge is 2.19. The molecule has 8 heteroatoms. The van der Waals surface area contributed by atoms with Crippen LogP contribution in [-0.4, -0.2) is 72.0 Å². The number of nitrogens with zero attached hydrogens (tertiary/aromatic N) is 6. The van der Waals surface area contributed by atoms with E-state index in [2.05, 4.69) is 55.9 Å². The van der Waals surface area contributed by atoms with Crippen molar-refractivity contribution in [3.8, 4) is 5.75 Å². The molecule has 0 amide bonds. The number of hydrogen-bond acceptors (Lipinski definition) is 5. The molecule has 0 saturated carbocycles. The molecule has 1 aliphatic rings. The van der Waals surface area contributed by atoms with Gasteiger partial charge in [0.2, 0.25) is 0 Å². The normalized spacial score (nSPS) is 15.0. The highest BCUT2D eigenvalue weighted by Crippen LogP contribution is 2.20. The summed E-state index contributed by atoms with van der Waals surface area (Å²) in [6.45, 7) is 10.4. The highest BCUT2D eigenvalue weighted by atomic mass is 16.5. The third kappa shape index (κ3) is 4.94. The van der Waals surface area contributed by atoms with Crippen LogP contribution in [0.15, 0.2) is 35.6 Å². The van der Waals surface area contributed by atoms with Crippen molar-refractivity contribution in [3.05, 3.63) is 36.4 Å². The molecule has 1 aliphatic heterocycles. The van der Waals surface area contributed by atoms with Gasteiger partial charge < -0.3 is 24.4 Å².